The number of hydrogen-bond acceptors (Lipinski definition) is 8. The second-order valence-electron chi connectivity index (χ2n) is 15.1. The number of carbonyl (C=O) groups excluding carboxylic acids is 4. The van der Waals surface area contributed by atoms with Crippen LogP contribution in [0, 0.1) is 23.7 Å². The number of nitrogens with zero attached hydrogens (tertiary/aromatic N) is 3. The Kier molecular flexibility index (Phi) is 19.2. The van der Waals surface area contributed by atoms with Crippen LogP contribution in [0.2, 0.25) is 0 Å². The van der Waals surface area contributed by atoms with Gasteiger partial charge in [-0.15, -0.1) is 0 Å². The summed E-state index contributed by atoms with van der Waals surface area (Å²) in [6, 6.07) is 5.87. The van der Waals surface area contributed by atoms with Gasteiger partial charge in [0.05, 0.1) is 36.6 Å². The van der Waals surface area contributed by atoms with Crippen molar-refractivity contribution in [2.45, 2.75) is 123 Å². The summed E-state index contributed by atoms with van der Waals surface area (Å²) in [7, 11) is 6.58. The lowest BCUT2D eigenvalue weighted by Gasteiger charge is -2.41. The Labute approximate surface area is 330 Å². The molecule has 1 fully saturated rings. The Morgan fingerprint density at radius 3 is 2.06 bits per heavy atom. The highest BCUT2D eigenvalue weighted by atomic mass is 127. The molecule has 13 nitrogen and oxygen atoms in total. The van der Waals surface area contributed by atoms with Crippen LogP contribution in [0.3, 0.4) is 0 Å². The summed E-state index contributed by atoms with van der Waals surface area (Å²) in [6.45, 7) is 13.9. The molecule has 14 heteroatoms. The molecule has 4 amide bonds. The minimum atomic E-state index is -1.14. The average molecular weight is 858 g/mol. The number of nitrogens with one attached hydrogen (secondary N) is 2. The first kappa shape index (κ1) is 46.3. The van der Waals surface area contributed by atoms with E-state index in [0.29, 0.717) is 19.4 Å². The number of benzene rings is 1. The molecular weight excluding hydrogens is 793 g/mol. The predicted molar refractivity (Wildman–Crippen MR) is 213 cm³/mol. The number of amides is 4. The third kappa shape index (κ3) is 12.6. The van der Waals surface area contributed by atoms with Gasteiger partial charge in [0.2, 0.25) is 23.6 Å². The van der Waals surface area contributed by atoms with Crippen molar-refractivity contribution in [3.8, 4) is 0 Å². The molecule has 0 radical (unpaired) electrons. The summed E-state index contributed by atoms with van der Waals surface area (Å²) >= 11 is 2.09. The Bertz CT molecular complexity index is 1340. The maximum Gasteiger partial charge on any atom is 0.326 e. The van der Waals surface area contributed by atoms with E-state index < -0.39 is 60.2 Å². The minimum Gasteiger partial charge on any atom is -0.480 e. The topological polar surface area (TPSA) is 158 Å². The number of carboxylic acid groups (broad SMARTS) is 1. The molecule has 1 aliphatic heterocycles. The van der Waals surface area contributed by atoms with E-state index in [4.69, 9.17) is 9.47 Å². The number of aliphatic carboxylic acids is 1. The fraction of sp³-hybridized carbons (Fsp3) is 0.718. The van der Waals surface area contributed by atoms with Crippen LogP contribution >= 0.6 is 22.9 Å². The summed E-state index contributed by atoms with van der Waals surface area (Å²) in [5.74, 6) is -3.23. The molecule has 0 spiro atoms. The van der Waals surface area contributed by atoms with Crippen molar-refractivity contribution < 1.29 is 38.6 Å². The molecule has 1 aromatic rings. The Morgan fingerprint density at radius 1 is 0.943 bits per heavy atom. The van der Waals surface area contributed by atoms with Gasteiger partial charge in [-0.3, -0.25) is 19.2 Å². The minimum absolute atomic E-state index is 0.0113. The van der Waals surface area contributed by atoms with E-state index in [2.05, 4.69) is 33.5 Å². The molecule has 1 heterocycles. The number of carboxylic acids is 1. The van der Waals surface area contributed by atoms with Crippen LogP contribution in [0.4, 0.5) is 0 Å². The molecule has 1 aromatic carbocycles. The number of rotatable bonds is 21. The first-order chi connectivity index (χ1) is 24.9. The Hall–Kier alpha value is -2.82. The number of halogens is 1. The molecule has 1 aliphatic rings. The number of likely N-dealkylation sites (tertiary alicyclic amines) is 1. The van der Waals surface area contributed by atoms with Crippen LogP contribution < -0.4 is 10.6 Å². The van der Waals surface area contributed by atoms with Crippen LogP contribution in [0.15, 0.2) is 30.3 Å². The van der Waals surface area contributed by atoms with Crippen LogP contribution in [-0.2, 0) is 39.9 Å². The molecular formula is C39H64IN5O8. The third-order valence-corrected chi connectivity index (χ3v) is 11.3. The highest BCUT2D eigenvalue weighted by molar-refractivity contribution is 14.1. The second kappa shape index (κ2) is 21.9. The lowest BCUT2D eigenvalue weighted by molar-refractivity contribution is -0.148. The predicted octanol–water partition coefficient (Wildman–Crippen LogP) is 4.17. The van der Waals surface area contributed by atoms with E-state index >= 15 is 0 Å². The Balaban J connectivity index is 2.27. The quantitative estimate of drug-likeness (QED) is 0.122. The van der Waals surface area contributed by atoms with Crippen LogP contribution in [0.1, 0.15) is 79.7 Å². The molecule has 0 aliphatic carbocycles. The van der Waals surface area contributed by atoms with Gasteiger partial charge in [0.1, 0.15) is 18.1 Å². The zero-order chi connectivity index (χ0) is 40.2. The molecule has 0 bridgehead atoms. The fourth-order valence-corrected chi connectivity index (χ4v) is 8.40. The van der Waals surface area contributed by atoms with Crippen LogP contribution in [0.25, 0.3) is 0 Å². The van der Waals surface area contributed by atoms with Gasteiger partial charge in [0, 0.05) is 57.1 Å². The standard InChI is InChI=1S/C39H64IN5O8/c1-12-25(6)34(43(8)38(49)32(23(2)3)42-37(48)33(24(4)5)44(9)40)30(52-10)22-31(46)45-20-16-19-29(45)35(53-11)26(7)36(47)41-28(39(50)51)21-27-17-14-13-15-18-27/h13-15,17-18,23-26,28-30,32-35H,12,16,19-22H2,1-11H3,(H,41,47)(H,42,48)(H,50,51)/t25?,26-,28?,29+,30-,32+,33+,34+,35-/m1/s1. The molecule has 300 valence electrons. The van der Waals surface area contributed by atoms with E-state index in [0.717, 1.165) is 12.0 Å². The molecule has 3 N–H and O–H groups in total. The second-order valence-corrected chi connectivity index (χ2v) is 16.6. The largest absolute Gasteiger partial charge is 0.480 e. The van der Waals surface area contributed by atoms with E-state index in [1.165, 1.54) is 14.2 Å². The molecule has 0 aromatic heterocycles. The summed E-state index contributed by atoms with van der Waals surface area (Å²) < 4.78 is 13.7. The molecule has 2 rings (SSSR count). The fourth-order valence-electron chi connectivity index (χ4n) is 7.51. The summed E-state index contributed by atoms with van der Waals surface area (Å²) in [5.41, 5.74) is 0.785. The van der Waals surface area contributed by atoms with Crippen molar-refractivity contribution >= 4 is 52.5 Å². The zero-order valence-electron chi connectivity index (χ0n) is 33.5. The Morgan fingerprint density at radius 2 is 1.57 bits per heavy atom. The van der Waals surface area contributed by atoms with E-state index in [-0.39, 0.29) is 48.3 Å². The molecule has 2 unspecified atom stereocenters. The van der Waals surface area contributed by atoms with Gasteiger partial charge in [0.15, 0.2) is 0 Å². The van der Waals surface area contributed by atoms with Crippen LogP contribution in [0.5, 0.6) is 0 Å². The van der Waals surface area contributed by atoms with Crippen LogP contribution in [-0.4, -0.2) is 125 Å². The lowest BCUT2D eigenvalue weighted by Crippen LogP contribution is -2.59. The van der Waals surface area contributed by atoms with Crippen molar-refractivity contribution in [2.24, 2.45) is 23.7 Å². The van der Waals surface area contributed by atoms with Gasteiger partial charge in [-0.05, 0) is 43.2 Å². The molecule has 1 saturated heterocycles. The van der Waals surface area contributed by atoms with E-state index in [9.17, 15) is 29.1 Å². The number of carbonyl (C=O) groups is 5. The van der Waals surface area contributed by atoms with Gasteiger partial charge in [-0.25, -0.2) is 7.91 Å². The smallest absolute Gasteiger partial charge is 0.326 e. The average Bonchev–Trinajstić information content (AvgIpc) is 3.59. The maximum absolute atomic E-state index is 14.2. The maximum atomic E-state index is 14.2. The zero-order valence-corrected chi connectivity index (χ0v) is 35.7. The van der Waals surface area contributed by atoms with Crippen molar-refractivity contribution in [1.29, 1.82) is 0 Å². The SMILES string of the molecule is CCC(C)[C@@H]([C@@H](CC(=O)N1CCC[C@H]1[C@H](OC)[C@@H](C)C(=O)NC(Cc1ccccc1)C(=O)O)OC)N(C)C(=O)[C@@H](NC(=O)[C@H](C(C)C)N(C)I)C(C)C. The monoisotopic (exact) mass is 857 g/mol. The number of likely N-dealkylation sites (N-methyl/N-ethyl adjacent to an activating group) is 2. The van der Waals surface area contributed by atoms with E-state index in [1.54, 1.807) is 23.8 Å². The number of ether oxygens (including phenoxy) is 2. The lowest BCUT2D eigenvalue weighted by atomic mass is 9.89. The van der Waals surface area contributed by atoms with Gasteiger partial charge < -0.3 is 35.0 Å². The summed E-state index contributed by atoms with van der Waals surface area (Å²) in [6.07, 6.45) is 0.815. The first-order valence-corrected chi connectivity index (χ1v) is 19.8. The number of methoxy groups -OCH3 is 2. The normalized spacial score (nSPS) is 19.2. The van der Waals surface area contributed by atoms with Crippen molar-refractivity contribution in [1.82, 2.24) is 23.5 Å². The van der Waals surface area contributed by atoms with Gasteiger partial charge >= 0.3 is 5.97 Å². The van der Waals surface area contributed by atoms with Crippen molar-refractivity contribution in [3.05, 3.63) is 35.9 Å². The number of hydrogen-bond donors (Lipinski definition) is 3. The van der Waals surface area contributed by atoms with Gasteiger partial charge in [-0.2, -0.15) is 0 Å². The highest BCUT2D eigenvalue weighted by Crippen LogP contribution is 2.30. The van der Waals surface area contributed by atoms with Gasteiger partial charge in [-0.1, -0.05) is 85.2 Å². The highest BCUT2D eigenvalue weighted by Gasteiger charge is 2.43. The van der Waals surface area contributed by atoms with Gasteiger partial charge in [0.25, 0.3) is 0 Å². The molecule has 53 heavy (non-hydrogen) atoms. The molecule has 0 saturated carbocycles. The van der Waals surface area contributed by atoms with Crippen molar-refractivity contribution in [3.63, 3.8) is 0 Å². The molecule has 9 atom stereocenters. The van der Waals surface area contributed by atoms with Crippen molar-refractivity contribution in [2.75, 3.05) is 34.9 Å². The van der Waals surface area contributed by atoms with E-state index in [1.807, 2.05) is 82.0 Å². The summed E-state index contributed by atoms with van der Waals surface area (Å²) in [4.78, 5) is 70.7. The third-order valence-electron chi connectivity index (χ3n) is 10.7. The first-order valence-electron chi connectivity index (χ1n) is 18.8. The summed E-state index contributed by atoms with van der Waals surface area (Å²) in [5, 5.41) is 15.6.